The molecule has 0 atom stereocenters. The maximum absolute atomic E-state index is 11.4. The van der Waals surface area contributed by atoms with Crippen LogP contribution in [0.25, 0.3) is 0 Å². The molecule has 0 aromatic carbocycles. The molecule has 0 unspecified atom stereocenters. The average molecular weight is 221 g/mol. The van der Waals surface area contributed by atoms with Crippen LogP contribution in [0.4, 0.5) is 0 Å². The Balaban J connectivity index is 4.30. The van der Waals surface area contributed by atoms with Crippen molar-refractivity contribution in [3.8, 4) is 0 Å². The van der Waals surface area contributed by atoms with Crippen molar-refractivity contribution >= 4 is 5.97 Å². The van der Waals surface area contributed by atoms with Gasteiger partial charge < -0.3 is 9.84 Å². The quantitative estimate of drug-likeness (QED) is 0.374. The van der Waals surface area contributed by atoms with Gasteiger partial charge in [-0.05, 0) is 25.5 Å². The van der Waals surface area contributed by atoms with Crippen molar-refractivity contribution in [3.05, 3.63) is 0 Å². The molecular formula is C9H19NO5. The molecule has 0 rings (SSSR count). The molecule has 0 aromatic heterocycles. The molecule has 0 amide bonds. The molecule has 6 heteroatoms. The van der Waals surface area contributed by atoms with E-state index < -0.39 is 11.5 Å². The Morgan fingerprint density at radius 1 is 1.40 bits per heavy atom. The van der Waals surface area contributed by atoms with E-state index in [0.29, 0.717) is 6.42 Å². The lowest BCUT2D eigenvalue weighted by Gasteiger charge is -2.32. The highest BCUT2D eigenvalue weighted by Crippen LogP contribution is 2.16. The van der Waals surface area contributed by atoms with Crippen LogP contribution in [0.3, 0.4) is 0 Å². The highest BCUT2D eigenvalue weighted by atomic mass is 16.9. The molecule has 90 valence electrons. The van der Waals surface area contributed by atoms with Gasteiger partial charge in [-0.3, -0.25) is 9.68 Å². The fraction of sp³-hybridized carbons (Fsp3) is 0.889. The standard InChI is InChI=1S/C9H19NO5/c1-9(2,8(12)13-3)10(14-4)15-7-5-6-11/h11H,5-7H2,1-4H3. The zero-order chi connectivity index (χ0) is 11.9. The minimum Gasteiger partial charge on any atom is -0.468 e. The molecule has 0 aliphatic heterocycles. The first-order valence-corrected chi connectivity index (χ1v) is 4.67. The summed E-state index contributed by atoms with van der Waals surface area (Å²) in [5.41, 5.74) is -1.03. The zero-order valence-electron chi connectivity index (χ0n) is 9.65. The zero-order valence-corrected chi connectivity index (χ0v) is 9.65. The van der Waals surface area contributed by atoms with Crippen LogP contribution in [-0.4, -0.2) is 49.3 Å². The van der Waals surface area contributed by atoms with Gasteiger partial charge in [0.1, 0.15) is 0 Å². The van der Waals surface area contributed by atoms with Crippen molar-refractivity contribution in [2.24, 2.45) is 0 Å². The van der Waals surface area contributed by atoms with Crippen molar-refractivity contribution in [1.82, 2.24) is 5.23 Å². The highest BCUT2D eigenvalue weighted by Gasteiger charge is 2.38. The number of ether oxygens (including phenoxy) is 1. The second kappa shape index (κ2) is 6.73. The number of hydrogen-bond donors (Lipinski definition) is 1. The number of hydroxylamine groups is 2. The molecule has 15 heavy (non-hydrogen) atoms. The second-order valence-corrected chi connectivity index (χ2v) is 3.40. The van der Waals surface area contributed by atoms with Crippen LogP contribution in [0.2, 0.25) is 0 Å². The molecule has 6 nitrogen and oxygen atoms in total. The number of methoxy groups -OCH3 is 1. The second-order valence-electron chi connectivity index (χ2n) is 3.40. The van der Waals surface area contributed by atoms with Crippen LogP contribution in [-0.2, 0) is 19.2 Å². The summed E-state index contributed by atoms with van der Waals surface area (Å²) in [6.45, 7) is 3.52. The first-order valence-electron chi connectivity index (χ1n) is 4.67. The largest absolute Gasteiger partial charge is 0.468 e. The van der Waals surface area contributed by atoms with E-state index in [4.69, 9.17) is 14.8 Å². The van der Waals surface area contributed by atoms with Crippen molar-refractivity contribution in [1.29, 1.82) is 0 Å². The van der Waals surface area contributed by atoms with Crippen LogP contribution in [0.1, 0.15) is 20.3 Å². The predicted molar refractivity (Wildman–Crippen MR) is 52.6 cm³/mol. The first-order chi connectivity index (χ1) is 7.00. The van der Waals surface area contributed by atoms with Gasteiger partial charge in [-0.2, -0.15) is 0 Å². The topological polar surface area (TPSA) is 68.2 Å². The van der Waals surface area contributed by atoms with E-state index in [9.17, 15) is 4.79 Å². The third kappa shape index (κ3) is 4.13. The number of carbonyl (C=O) groups excluding carboxylic acids is 1. The first kappa shape index (κ1) is 14.3. The van der Waals surface area contributed by atoms with Crippen LogP contribution in [0, 0.1) is 0 Å². The number of rotatable bonds is 7. The summed E-state index contributed by atoms with van der Waals surface area (Å²) in [6, 6.07) is 0. The van der Waals surface area contributed by atoms with Gasteiger partial charge in [0.05, 0.1) is 20.8 Å². The summed E-state index contributed by atoms with van der Waals surface area (Å²) in [7, 11) is 2.69. The fourth-order valence-corrected chi connectivity index (χ4v) is 0.979. The van der Waals surface area contributed by atoms with E-state index in [2.05, 4.69) is 4.74 Å². The van der Waals surface area contributed by atoms with Crippen LogP contribution in [0.15, 0.2) is 0 Å². The third-order valence-electron chi connectivity index (χ3n) is 1.82. The van der Waals surface area contributed by atoms with Crippen LogP contribution >= 0.6 is 0 Å². The lowest BCUT2D eigenvalue weighted by Crippen LogP contribution is -2.50. The van der Waals surface area contributed by atoms with E-state index in [1.165, 1.54) is 14.2 Å². The lowest BCUT2D eigenvalue weighted by atomic mass is 10.1. The minimum absolute atomic E-state index is 0.0240. The number of aliphatic hydroxyl groups excluding tert-OH is 1. The molecule has 0 spiro atoms. The van der Waals surface area contributed by atoms with Gasteiger partial charge in [0.2, 0.25) is 0 Å². The molecule has 0 aliphatic rings. The van der Waals surface area contributed by atoms with E-state index in [1.54, 1.807) is 13.8 Å². The predicted octanol–water partition coefficient (Wildman–Crippen LogP) is 0.115. The van der Waals surface area contributed by atoms with Crippen LogP contribution in [0.5, 0.6) is 0 Å². The van der Waals surface area contributed by atoms with Gasteiger partial charge in [0, 0.05) is 6.61 Å². The van der Waals surface area contributed by atoms with Gasteiger partial charge in [-0.1, -0.05) is 0 Å². The molecule has 0 saturated carbocycles. The Morgan fingerprint density at radius 3 is 2.40 bits per heavy atom. The maximum atomic E-state index is 11.4. The smallest absolute Gasteiger partial charge is 0.330 e. The van der Waals surface area contributed by atoms with Crippen molar-refractivity contribution in [2.75, 3.05) is 27.4 Å². The van der Waals surface area contributed by atoms with Crippen LogP contribution < -0.4 is 0 Å². The van der Waals surface area contributed by atoms with E-state index in [1.807, 2.05) is 0 Å². The fourth-order valence-electron chi connectivity index (χ4n) is 0.979. The molecule has 1 N–H and O–H groups in total. The lowest BCUT2D eigenvalue weighted by molar-refractivity contribution is -0.391. The molecule has 0 aliphatic carbocycles. The number of hydrogen-bond acceptors (Lipinski definition) is 6. The molecule has 0 radical (unpaired) electrons. The maximum Gasteiger partial charge on any atom is 0.330 e. The normalized spacial score (nSPS) is 11.9. The van der Waals surface area contributed by atoms with Crippen molar-refractivity contribution < 1.29 is 24.3 Å². The van der Waals surface area contributed by atoms with Gasteiger partial charge >= 0.3 is 5.97 Å². The summed E-state index contributed by atoms with van der Waals surface area (Å²) >= 11 is 0. The SMILES string of the molecule is COC(=O)C(C)(C)N(OC)OCCCO. The van der Waals surface area contributed by atoms with Gasteiger partial charge in [-0.15, -0.1) is 0 Å². The molecule has 0 saturated heterocycles. The molecule has 0 aromatic rings. The molecule has 0 fully saturated rings. The van der Waals surface area contributed by atoms with Gasteiger partial charge in [0.25, 0.3) is 0 Å². The highest BCUT2D eigenvalue weighted by molar-refractivity contribution is 5.79. The van der Waals surface area contributed by atoms with Gasteiger partial charge in [0.15, 0.2) is 5.54 Å². The third-order valence-corrected chi connectivity index (χ3v) is 1.82. The van der Waals surface area contributed by atoms with Crippen molar-refractivity contribution in [2.45, 2.75) is 25.8 Å². The number of carbonyl (C=O) groups is 1. The summed E-state index contributed by atoms with van der Waals surface area (Å²) in [6.07, 6.45) is 0.469. The monoisotopic (exact) mass is 221 g/mol. The molecule has 0 bridgehead atoms. The summed E-state index contributed by atoms with van der Waals surface area (Å²) in [5.74, 6) is -0.464. The Labute approximate surface area is 89.6 Å². The Bertz CT molecular complexity index is 195. The average Bonchev–Trinajstić information content (AvgIpc) is 2.22. The minimum atomic E-state index is -1.03. The van der Waals surface area contributed by atoms with E-state index in [-0.39, 0.29) is 13.2 Å². The van der Waals surface area contributed by atoms with Crippen molar-refractivity contribution in [3.63, 3.8) is 0 Å². The summed E-state index contributed by atoms with van der Waals surface area (Å²) in [4.78, 5) is 21.5. The summed E-state index contributed by atoms with van der Waals surface area (Å²) < 4.78 is 4.61. The van der Waals surface area contributed by atoms with E-state index >= 15 is 0 Å². The Morgan fingerprint density at radius 2 is 2.00 bits per heavy atom. The van der Waals surface area contributed by atoms with Gasteiger partial charge in [-0.25, -0.2) is 4.79 Å². The molecular weight excluding hydrogens is 202 g/mol. The number of aliphatic hydroxyl groups is 1. The Hall–Kier alpha value is -0.690. The summed E-state index contributed by atoms with van der Waals surface area (Å²) in [5, 5.41) is 9.64. The molecule has 0 heterocycles. The number of esters is 1. The van der Waals surface area contributed by atoms with E-state index in [0.717, 1.165) is 5.23 Å². The Kier molecular flexibility index (Phi) is 6.42. The number of nitrogens with zero attached hydrogens (tertiary/aromatic N) is 1.